The van der Waals surface area contributed by atoms with E-state index in [2.05, 4.69) is 10.0 Å². The van der Waals surface area contributed by atoms with Crippen molar-refractivity contribution in [3.63, 3.8) is 0 Å². The van der Waals surface area contributed by atoms with E-state index in [0.717, 1.165) is 17.9 Å². The number of benzene rings is 2. The molecule has 0 spiro atoms. The molecule has 0 fully saturated rings. The van der Waals surface area contributed by atoms with Crippen molar-refractivity contribution < 1.29 is 22.0 Å². The maximum Gasteiger partial charge on any atom is 0.262 e. The molecule has 0 saturated heterocycles. The van der Waals surface area contributed by atoms with Gasteiger partial charge in [0.2, 0.25) is 0 Å². The van der Waals surface area contributed by atoms with Crippen molar-refractivity contribution >= 4 is 21.6 Å². The molecule has 1 amide bonds. The van der Waals surface area contributed by atoms with Crippen LogP contribution in [0.3, 0.4) is 0 Å². The van der Waals surface area contributed by atoms with E-state index in [9.17, 15) is 17.6 Å². The Morgan fingerprint density at radius 1 is 1.13 bits per heavy atom. The summed E-state index contributed by atoms with van der Waals surface area (Å²) >= 11 is 0. The fraction of sp³-hybridized carbons (Fsp3) is 0.227. The van der Waals surface area contributed by atoms with E-state index in [1.165, 1.54) is 37.3 Å². The van der Waals surface area contributed by atoms with Gasteiger partial charge in [0.15, 0.2) is 0 Å². The highest BCUT2D eigenvalue weighted by Gasteiger charge is 2.19. The largest absolute Gasteiger partial charge is 0.468 e. The third-order valence-corrected chi connectivity index (χ3v) is 6.32. The molecule has 0 aliphatic carbocycles. The summed E-state index contributed by atoms with van der Waals surface area (Å²) < 4.78 is 46.3. The standard InChI is InChI=1S/C22H24FN3O4S/c1-15-13-17(23)8-11-21(15)31(28,29)25-18-9-6-16(7-10-18)22(27)24-14-19(26(2)3)20-5-4-12-30-20/h4-13,19,25H,14H2,1-3H3,(H,24,27)/t19-/m0/s1. The van der Waals surface area contributed by atoms with Crippen LogP contribution < -0.4 is 10.0 Å². The fourth-order valence-electron chi connectivity index (χ4n) is 3.12. The first-order valence-electron chi connectivity index (χ1n) is 9.54. The van der Waals surface area contributed by atoms with Crippen LogP contribution in [0.2, 0.25) is 0 Å². The molecule has 0 radical (unpaired) electrons. The molecule has 0 unspecified atom stereocenters. The first kappa shape index (κ1) is 22.5. The Morgan fingerprint density at radius 3 is 2.42 bits per heavy atom. The summed E-state index contributed by atoms with van der Waals surface area (Å²) in [6.45, 7) is 1.87. The van der Waals surface area contributed by atoms with Gasteiger partial charge in [-0.15, -0.1) is 0 Å². The average Bonchev–Trinajstić information content (AvgIpc) is 3.22. The lowest BCUT2D eigenvalue weighted by Crippen LogP contribution is -2.34. The molecule has 164 valence electrons. The van der Waals surface area contributed by atoms with Crippen LogP contribution >= 0.6 is 0 Å². The number of carbonyl (C=O) groups excluding carboxylic acids is 1. The minimum Gasteiger partial charge on any atom is -0.468 e. The van der Waals surface area contributed by atoms with Crippen LogP contribution in [-0.2, 0) is 10.0 Å². The highest BCUT2D eigenvalue weighted by molar-refractivity contribution is 7.92. The quantitative estimate of drug-likeness (QED) is 0.553. The van der Waals surface area contributed by atoms with Gasteiger partial charge in [-0.1, -0.05) is 0 Å². The Kier molecular flexibility index (Phi) is 6.77. The van der Waals surface area contributed by atoms with Crippen molar-refractivity contribution in [2.75, 3.05) is 25.4 Å². The van der Waals surface area contributed by atoms with E-state index in [0.29, 0.717) is 23.4 Å². The zero-order valence-electron chi connectivity index (χ0n) is 17.4. The molecule has 3 rings (SSSR count). The summed E-state index contributed by atoms with van der Waals surface area (Å²) in [4.78, 5) is 14.4. The molecule has 0 saturated carbocycles. The monoisotopic (exact) mass is 445 g/mol. The molecule has 1 heterocycles. The third-order valence-electron chi connectivity index (χ3n) is 4.78. The van der Waals surface area contributed by atoms with Gasteiger partial charge in [-0.05, 0) is 81.2 Å². The Labute approximate surface area is 180 Å². The van der Waals surface area contributed by atoms with Crippen LogP contribution in [0.4, 0.5) is 10.1 Å². The third kappa shape index (κ3) is 5.50. The Bertz CT molecular complexity index is 1140. The average molecular weight is 446 g/mol. The molecule has 2 N–H and O–H groups in total. The first-order valence-corrected chi connectivity index (χ1v) is 11.0. The first-order chi connectivity index (χ1) is 14.7. The number of sulfonamides is 1. The number of hydrogen-bond acceptors (Lipinski definition) is 5. The SMILES string of the molecule is Cc1cc(F)ccc1S(=O)(=O)Nc1ccc(C(=O)NC[C@@H](c2ccco2)N(C)C)cc1. The molecular weight excluding hydrogens is 421 g/mol. The summed E-state index contributed by atoms with van der Waals surface area (Å²) in [5.74, 6) is -0.0521. The molecule has 1 aromatic heterocycles. The molecule has 31 heavy (non-hydrogen) atoms. The van der Waals surface area contributed by atoms with Gasteiger partial charge in [0.05, 0.1) is 17.2 Å². The number of likely N-dealkylation sites (N-methyl/N-ethyl adjacent to an activating group) is 1. The van der Waals surface area contributed by atoms with Crippen molar-refractivity contribution in [2.24, 2.45) is 0 Å². The number of nitrogens with one attached hydrogen (secondary N) is 2. The molecule has 0 aliphatic rings. The summed E-state index contributed by atoms with van der Waals surface area (Å²) in [5.41, 5.74) is 0.982. The maximum absolute atomic E-state index is 13.3. The minimum absolute atomic E-state index is 0.0108. The molecule has 7 nitrogen and oxygen atoms in total. The van der Waals surface area contributed by atoms with Crippen LogP contribution in [0, 0.1) is 12.7 Å². The number of anilines is 1. The summed E-state index contributed by atoms with van der Waals surface area (Å²) in [6.07, 6.45) is 1.58. The van der Waals surface area contributed by atoms with Crippen LogP contribution in [0.5, 0.6) is 0 Å². The van der Waals surface area contributed by atoms with Gasteiger partial charge in [0.1, 0.15) is 11.6 Å². The minimum atomic E-state index is -3.88. The predicted octanol–water partition coefficient (Wildman–Crippen LogP) is 3.56. The zero-order chi connectivity index (χ0) is 22.6. The van der Waals surface area contributed by atoms with Crippen molar-refractivity contribution in [2.45, 2.75) is 17.9 Å². The molecule has 0 bridgehead atoms. The Morgan fingerprint density at radius 2 is 1.84 bits per heavy atom. The van der Waals surface area contributed by atoms with Gasteiger partial charge in [0, 0.05) is 17.8 Å². The lowest BCUT2D eigenvalue weighted by atomic mass is 10.1. The summed E-state index contributed by atoms with van der Waals surface area (Å²) in [5, 5.41) is 2.86. The van der Waals surface area contributed by atoms with Crippen molar-refractivity contribution in [1.29, 1.82) is 0 Å². The molecule has 2 aromatic carbocycles. The molecule has 0 aliphatic heterocycles. The van der Waals surface area contributed by atoms with E-state index in [4.69, 9.17) is 4.42 Å². The highest BCUT2D eigenvalue weighted by Crippen LogP contribution is 2.21. The van der Waals surface area contributed by atoms with Crippen LogP contribution in [-0.4, -0.2) is 39.9 Å². The van der Waals surface area contributed by atoms with E-state index in [1.807, 2.05) is 25.1 Å². The van der Waals surface area contributed by atoms with Crippen molar-refractivity contribution in [3.05, 3.63) is 83.6 Å². The highest BCUT2D eigenvalue weighted by atomic mass is 32.2. The van der Waals surface area contributed by atoms with Gasteiger partial charge in [-0.25, -0.2) is 12.8 Å². The number of furan rings is 1. The molecule has 3 aromatic rings. The number of nitrogens with zero attached hydrogens (tertiary/aromatic N) is 1. The van der Waals surface area contributed by atoms with E-state index >= 15 is 0 Å². The number of amides is 1. The van der Waals surface area contributed by atoms with Crippen molar-refractivity contribution in [1.82, 2.24) is 10.2 Å². The Balaban J connectivity index is 1.66. The molecular formula is C22H24FN3O4S. The Hall–Kier alpha value is -3.17. The predicted molar refractivity (Wildman–Crippen MR) is 116 cm³/mol. The number of aryl methyl sites for hydroxylation is 1. The van der Waals surface area contributed by atoms with Gasteiger partial charge in [-0.3, -0.25) is 14.4 Å². The number of halogens is 1. The lowest BCUT2D eigenvalue weighted by molar-refractivity contribution is 0.0939. The summed E-state index contributed by atoms with van der Waals surface area (Å²) in [6, 6.07) is 13.1. The van der Waals surface area contributed by atoms with E-state index < -0.39 is 15.8 Å². The van der Waals surface area contributed by atoms with Gasteiger partial charge >= 0.3 is 0 Å². The molecule has 1 atom stereocenters. The second-order valence-electron chi connectivity index (χ2n) is 7.30. The zero-order valence-corrected chi connectivity index (χ0v) is 18.2. The number of carbonyl (C=O) groups is 1. The second-order valence-corrected chi connectivity index (χ2v) is 8.95. The maximum atomic E-state index is 13.3. The molecule has 9 heteroatoms. The smallest absolute Gasteiger partial charge is 0.262 e. The van der Waals surface area contributed by atoms with Crippen LogP contribution in [0.1, 0.15) is 27.7 Å². The van der Waals surface area contributed by atoms with Gasteiger partial charge in [-0.2, -0.15) is 0 Å². The van der Waals surface area contributed by atoms with Crippen molar-refractivity contribution in [3.8, 4) is 0 Å². The van der Waals surface area contributed by atoms with E-state index in [-0.39, 0.29) is 16.8 Å². The second kappa shape index (κ2) is 9.32. The number of rotatable bonds is 8. The van der Waals surface area contributed by atoms with Crippen LogP contribution in [0.15, 0.2) is 70.2 Å². The number of hydrogen-bond donors (Lipinski definition) is 2. The van der Waals surface area contributed by atoms with Gasteiger partial charge in [0.25, 0.3) is 15.9 Å². The summed E-state index contributed by atoms with van der Waals surface area (Å²) in [7, 11) is -0.0992. The fourth-order valence-corrected chi connectivity index (χ4v) is 4.41. The van der Waals surface area contributed by atoms with E-state index in [1.54, 1.807) is 12.3 Å². The van der Waals surface area contributed by atoms with Crippen LogP contribution in [0.25, 0.3) is 0 Å². The normalized spacial score (nSPS) is 12.5. The topological polar surface area (TPSA) is 91.6 Å². The lowest BCUT2D eigenvalue weighted by Gasteiger charge is -2.22. The van der Waals surface area contributed by atoms with Gasteiger partial charge < -0.3 is 9.73 Å².